The fourth-order valence-corrected chi connectivity index (χ4v) is 15.0. The van der Waals surface area contributed by atoms with Crippen LogP contribution in [0.5, 0.6) is 0 Å². The Morgan fingerprint density at radius 1 is 0.667 bits per heavy atom. The summed E-state index contributed by atoms with van der Waals surface area (Å²) in [6.07, 6.45) is 6.33. The zero-order valence-electron chi connectivity index (χ0n) is 34.1. The largest absolute Gasteiger partial charge is 0.481 e. The summed E-state index contributed by atoms with van der Waals surface area (Å²) in [5.41, 5.74) is -0.856. The van der Waals surface area contributed by atoms with Gasteiger partial charge in [-0.15, -0.1) is 0 Å². The molecule has 0 aromatic carbocycles. The molecule has 3 N–H and O–H groups in total. The number of carboxylic acids is 1. The first kappa shape index (κ1) is 41.6. The summed E-state index contributed by atoms with van der Waals surface area (Å²) >= 11 is 0. The highest BCUT2D eigenvalue weighted by Gasteiger charge is 2.73. The first-order valence-electron chi connectivity index (χ1n) is 21.5. The molecule has 16 nitrogen and oxygen atoms in total. The van der Waals surface area contributed by atoms with Crippen LogP contribution in [0.15, 0.2) is 0 Å². The van der Waals surface area contributed by atoms with Crippen molar-refractivity contribution >= 4 is 47.8 Å². The van der Waals surface area contributed by atoms with Gasteiger partial charge in [0.05, 0.1) is 53.4 Å². The van der Waals surface area contributed by atoms with Crippen LogP contribution in [0.3, 0.4) is 0 Å². The normalized spacial score (nSPS) is 48.3. The molecule has 0 aromatic heterocycles. The fraction of sp³-hybridized carbons (Fsp3) is 0.750. The average molecular weight is 838 g/mol. The molecular formula is C44H53O16. The van der Waals surface area contributed by atoms with Crippen molar-refractivity contribution < 1.29 is 77.7 Å². The Morgan fingerprint density at radius 2 is 1.12 bits per heavy atom. The highest BCUT2D eigenvalue weighted by molar-refractivity contribution is 5.99. The number of carbonyl (C=O) groups excluding carboxylic acids is 7. The van der Waals surface area contributed by atoms with E-state index in [0.717, 1.165) is 0 Å². The van der Waals surface area contributed by atoms with E-state index < -0.39 is 160 Å². The van der Waals surface area contributed by atoms with E-state index >= 15 is 0 Å². The maximum Gasteiger partial charge on any atom is 0.317 e. The Hall–Kier alpha value is -3.76. The molecule has 0 aromatic rings. The molecule has 16 heteroatoms. The lowest BCUT2D eigenvalue weighted by Gasteiger charge is -2.46. The van der Waals surface area contributed by atoms with Crippen LogP contribution in [-0.2, 0) is 62.2 Å². The Kier molecular flexibility index (Phi) is 10.2. The molecule has 22 unspecified atom stereocenters. The predicted octanol–water partition coefficient (Wildman–Crippen LogP) is 2.75. The smallest absolute Gasteiger partial charge is 0.317 e. The Labute approximate surface area is 347 Å². The second-order valence-electron chi connectivity index (χ2n) is 20.3. The fourth-order valence-electron chi connectivity index (χ4n) is 15.0. The van der Waals surface area contributed by atoms with Gasteiger partial charge in [-0.25, -0.2) is 4.89 Å². The van der Waals surface area contributed by atoms with Gasteiger partial charge in [0.15, 0.2) is 0 Å². The number of ether oxygens (including phenoxy) is 4. The van der Waals surface area contributed by atoms with Crippen LogP contribution < -0.4 is 0 Å². The molecule has 3 saturated heterocycles. The molecule has 9 aliphatic rings. The standard InChI is InChI=1S/C44H53O16/c1-14-19-8-16(9-20(19)25(60-55)6-7-45)26(14)32-34(42(53)57-40(32)51)31-22-11-18(13-24(22)38(49)59-44(3,4)5)29(31)33-35(43(54)58-41(33)52)30-21-10-17(12-23(21)36(46)47)28(30)27-15(2)37(48)56-39(27)50/h9,12-35,45,55H,6-8,10-11H2,1-5H3,(H,46,47). The van der Waals surface area contributed by atoms with Crippen molar-refractivity contribution in [3.05, 3.63) is 19.3 Å². The minimum Gasteiger partial charge on any atom is -0.481 e. The Morgan fingerprint density at radius 3 is 1.60 bits per heavy atom. The molecule has 3 aliphatic heterocycles. The predicted molar refractivity (Wildman–Crippen MR) is 197 cm³/mol. The zero-order chi connectivity index (χ0) is 43.0. The molecule has 6 aliphatic carbocycles. The van der Waals surface area contributed by atoms with Gasteiger partial charge in [0.2, 0.25) is 0 Å². The molecule has 9 rings (SSSR count). The molecule has 9 fully saturated rings. The van der Waals surface area contributed by atoms with Gasteiger partial charge >= 0.3 is 47.8 Å². The van der Waals surface area contributed by atoms with Crippen LogP contribution in [0, 0.1) is 144 Å². The van der Waals surface area contributed by atoms with Crippen LogP contribution in [-0.4, -0.2) is 81.5 Å². The van der Waals surface area contributed by atoms with E-state index in [1.54, 1.807) is 34.1 Å². The number of cyclic esters (lactones) is 6. The van der Waals surface area contributed by atoms with Gasteiger partial charge in [0.25, 0.3) is 0 Å². The third-order valence-corrected chi connectivity index (χ3v) is 16.7. The number of carbonyl (C=O) groups is 8. The third-order valence-electron chi connectivity index (χ3n) is 16.7. The number of carboxylic acid groups (broad SMARTS) is 1. The van der Waals surface area contributed by atoms with Crippen LogP contribution in [0.1, 0.15) is 60.3 Å². The first-order chi connectivity index (χ1) is 28.4. The van der Waals surface area contributed by atoms with Gasteiger partial charge in [-0.2, -0.15) is 0 Å². The summed E-state index contributed by atoms with van der Waals surface area (Å²) in [5, 5.41) is 29.7. The molecular weight excluding hydrogens is 784 g/mol. The summed E-state index contributed by atoms with van der Waals surface area (Å²) in [6, 6.07) is 0. The van der Waals surface area contributed by atoms with Crippen LogP contribution >= 0.6 is 0 Å². The van der Waals surface area contributed by atoms with E-state index in [1.807, 2.05) is 19.8 Å². The van der Waals surface area contributed by atoms with Crippen LogP contribution in [0.2, 0.25) is 0 Å². The Balaban J connectivity index is 1.12. The lowest BCUT2D eigenvalue weighted by atomic mass is 9.54. The van der Waals surface area contributed by atoms with E-state index in [0.29, 0.717) is 19.3 Å². The third kappa shape index (κ3) is 6.14. The maximum atomic E-state index is 14.4. The molecule has 6 saturated carbocycles. The SMILES string of the molecule is CC1C(=O)OC(=O)C1C1C2[CH]C(C(=O)O)C(C2)C1C1C(=O)OC(=O)C1C1C2[CH]C(C(=O)OC(C)(C)C)C(C2)C1C1C(=O)OC(=O)C1C1C2[CH]C(C(CCO)OO)C(C2)C1C. The number of aliphatic carboxylic acids is 1. The van der Waals surface area contributed by atoms with Gasteiger partial charge in [-0.1, -0.05) is 13.8 Å². The highest BCUT2D eigenvalue weighted by atomic mass is 17.1. The van der Waals surface area contributed by atoms with Crippen molar-refractivity contribution in [1.82, 2.24) is 0 Å². The van der Waals surface area contributed by atoms with E-state index in [2.05, 4.69) is 0 Å². The second-order valence-corrected chi connectivity index (χ2v) is 20.3. The molecule has 0 amide bonds. The lowest BCUT2D eigenvalue weighted by Crippen LogP contribution is -2.51. The van der Waals surface area contributed by atoms with E-state index in [4.69, 9.17) is 23.8 Å². The molecule has 3 radical (unpaired) electrons. The van der Waals surface area contributed by atoms with E-state index in [-0.39, 0.29) is 36.7 Å². The van der Waals surface area contributed by atoms with Gasteiger partial charge in [-0.3, -0.25) is 43.6 Å². The number of aliphatic hydroxyl groups is 1. The number of fused-ring (bicyclic) bond motifs is 6. The average Bonchev–Trinajstić information content (AvgIpc) is 4.04. The minimum atomic E-state index is -1.26. The van der Waals surface area contributed by atoms with Crippen molar-refractivity contribution in [3.63, 3.8) is 0 Å². The summed E-state index contributed by atoms with van der Waals surface area (Å²) in [5.74, 6) is -21.3. The number of aliphatic hydroxyl groups excluding tert-OH is 1. The van der Waals surface area contributed by atoms with Crippen molar-refractivity contribution in [2.24, 2.45) is 124 Å². The molecule has 325 valence electrons. The monoisotopic (exact) mass is 837 g/mol. The van der Waals surface area contributed by atoms with E-state index in [1.165, 1.54) is 0 Å². The quantitative estimate of drug-likeness (QED) is 0.0891. The van der Waals surface area contributed by atoms with Crippen molar-refractivity contribution in [2.75, 3.05) is 6.61 Å². The highest BCUT2D eigenvalue weighted by Crippen LogP contribution is 2.69. The molecule has 22 atom stereocenters. The summed E-state index contributed by atoms with van der Waals surface area (Å²) in [6.45, 7) is 8.56. The van der Waals surface area contributed by atoms with E-state index in [9.17, 15) is 53.8 Å². The zero-order valence-corrected chi connectivity index (χ0v) is 34.1. The number of hydrogen-bond acceptors (Lipinski definition) is 15. The van der Waals surface area contributed by atoms with Gasteiger partial charge in [-0.05, 0) is 136 Å². The minimum absolute atomic E-state index is 0.0522. The van der Waals surface area contributed by atoms with Crippen molar-refractivity contribution in [2.45, 2.75) is 72.0 Å². The number of rotatable bonds is 11. The summed E-state index contributed by atoms with van der Waals surface area (Å²) < 4.78 is 21.9. The van der Waals surface area contributed by atoms with Crippen LogP contribution in [0.4, 0.5) is 0 Å². The summed E-state index contributed by atoms with van der Waals surface area (Å²) in [4.78, 5) is 115. The van der Waals surface area contributed by atoms with Crippen LogP contribution in [0.25, 0.3) is 0 Å². The number of esters is 7. The lowest BCUT2D eigenvalue weighted by molar-refractivity contribution is -0.294. The maximum absolute atomic E-state index is 14.4. The second kappa shape index (κ2) is 14.7. The van der Waals surface area contributed by atoms with Gasteiger partial charge in [0.1, 0.15) is 5.60 Å². The van der Waals surface area contributed by atoms with Crippen molar-refractivity contribution in [1.29, 1.82) is 0 Å². The summed E-state index contributed by atoms with van der Waals surface area (Å²) in [7, 11) is 0. The Bertz CT molecular complexity index is 1880. The van der Waals surface area contributed by atoms with Crippen molar-refractivity contribution in [3.8, 4) is 0 Å². The molecule has 3 heterocycles. The van der Waals surface area contributed by atoms with Gasteiger partial charge < -0.3 is 29.2 Å². The molecule has 6 bridgehead atoms. The van der Waals surface area contributed by atoms with Gasteiger partial charge in [0, 0.05) is 13.0 Å². The topological polar surface area (TPSA) is 243 Å². The first-order valence-corrected chi connectivity index (χ1v) is 21.5. The molecule has 0 spiro atoms. The molecule has 60 heavy (non-hydrogen) atoms. The number of hydrogen-bond donors (Lipinski definition) is 3.